The minimum atomic E-state index is -3.78. The Hall–Kier alpha value is -1.72. The van der Waals surface area contributed by atoms with Gasteiger partial charge in [-0.2, -0.15) is 0 Å². The van der Waals surface area contributed by atoms with Crippen LogP contribution in [0.3, 0.4) is 0 Å². The number of halogens is 1. The van der Waals surface area contributed by atoms with Crippen molar-refractivity contribution in [1.29, 1.82) is 0 Å². The van der Waals surface area contributed by atoms with E-state index in [9.17, 15) is 17.9 Å². The molecule has 2 aromatic rings. The van der Waals surface area contributed by atoms with E-state index in [-0.39, 0.29) is 4.90 Å². The molecule has 0 amide bonds. The summed E-state index contributed by atoms with van der Waals surface area (Å²) >= 11 is 0. The van der Waals surface area contributed by atoms with Crippen LogP contribution in [0.4, 0.5) is 4.39 Å². The minimum absolute atomic E-state index is 0.131. The van der Waals surface area contributed by atoms with Crippen LogP contribution in [-0.2, 0) is 15.4 Å². The zero-order chi connectivity index (χ0) is 14.8. The average molecular weight is 294 g/mol. The van der Waals surface area contributed by atoms with Gasteiger partial charge in [-0.1, -0.05) is 36.4 Å². The summed E-state index contributed by atoms with van der Waals surface area (Å²) in [6, 6.07) is 13.3. The molecule has 2 rings (SSSR count). The van der Waals surface area contributed by atoms with Gasteiger partial charge in [-0.25, -0.2) is 12.8 Å². The molecule has 0 aliphatic rings. The maximum atomic E-state index is 13.1. The quantitative estimate of drug-likeness (QED) is 0.942. The van der Waals surface area contributed by atoms with Crippen molar-refractivity contribution in [3.63, 3.8) is 0 Å². The molecule has 0 aromatic heterocycles. The molecule has 1 N–H and O–H groups in total. The smallest absolute Gasteiger partial charge is 0.181 e. The van der Waals surface area contributed by atoms with E-state index in [4.69, 9.17) is 0 Å². The predicted octanol–water partition coefficient (Wildman–Crippen LogP) is 2.51. The molecular weight excluding hydrogens is 279 g/mol. The second-order valence-electron chi connectivity index (χ2n) is 4.86. The van der Waals surface area contributed by atoms with Crippen molar-refractivity contribution in [3.8, 4) is 0 Å². The minimum Gasteiger partial charge on any atom is -0.384 e. The van der Waals surface area contributed by atoms with E-state index in [1.54, 1.807) is 30.3 Å². The lowest BCUT2D eigenvalue weighted by Gasteiger charge is -2.23. The van der Waals surface area contributed by atoms with Gasteiger partial charge in [0.05, 0.1) is 10.6 Å². The molecule has 0 fully saturated rings. The van der Waals surface area contributed by atoms with Gasteiger partial charge >= 0.3 is 0 Å². The number of rotatable bonds is 4. The largest absolute Gasteiger partial charge is 0.384 e. The van der Waals surface area contributed by atoms with Crippen LogP contribution in [0, 0.1) is 5.82 Å². The monoisotopic (exact) mass is 294 g/mol. The van der Waals surface area contributed by atoms with Gasteiger partial charge < -0.3 is 5.11 Å². The molecule has 3 nitrogen and oxygen atoms in total. The van der Waals surface area contributed by atoms with Gasteiger partial charge in [-0.3, -0.25) is 0 Å². The maximum Gasteiger partial charge on any atom is 0.181 e. The van der Waals surface area contributed by atoms with Crippen molar-refractivity contribution in [2.75, 3.05) is 5.75 Å². The van der Waals surface area contributed by atoms with E-state index in [0.717, 1.165) is 6.07 Å². The fourth-order valence-electron chi connectivity index (χ4n) is 1.99. The number of benzene rings is 2. The highest BCUT2D eigenvalue weighted by Crippen LogP contribution is 2.25. The summed E-state index contributed by atoms with van der Waals surface area (Å²) in [5.41, 5.74) is -1.04. The van der Waals surface area contributed by atoms with E-state index >= 15 is 0 Å². The third-order valence-corrected chi connectivity index (χ3v) is 4.94. The topological polar surface area (TPSA) is 54.4 Å². The standard InChI is InChI=1S/C15H15FO3S/c1-15(17,12-6-3-2-4-7-12)11-20(18,19)14-9-5-8-13(16)10-14/h2-10,17H,11H2,1H3. The molecule has 0 bridgehead atoms. The Bertz CT molecular complexity index is 694. The zero-order valence-electron chi connectivity index (χ0n) is 11.0. The first-order valence-corrected chi connectivity index (χ1v) is 7.73. The summed E-state index contributed by atoms with van der Waals surface area (Å²) in [5, 5.41) is 10.4. The van der Waals surface area contributed by atoms with Gasteiger partial charge in [-0.15, -0.1) is 0 Å². The number of aliphatic hydroxyl groups is 1. The fraction of sp³-hybridized carbons (Fsp3) is 0.200. The summed E-state index contributed by atoms with van der Waals surface area (Å²) < 4.78 is 37.6. The van der Waals surface area contributed by atoms with Gasteiger partial charge in [-0.05, 0) is 30.7 Å². The van der Waals surface area contributed by atoms with Crippen molar-refractivity contribution in [2.45, 2.75) is 17.4 Å². The first kappa shape index (κ1) is 14.7. The van der Waals surface area contributed by atoms with Crippen LogP contribution in [0.2, 0.25) is 0 Å². The van der Waals surface area contributed by atoms with Crippen LogP contribution in [-0.4, -0.2) is 19.3 Å². The highest BCUT2D eigenvalue weighted by Gasteiger charge is 2.31. The molecule has 0 radical (unpaired) electrons. The highest BCUT2D eigenvalue weighted by atomic mass is 32.2. The normalized spacial score (nSPS) is 14.8. The van der Waals surface area contributed by atoms with Gasteiger partial charge in [0.2, 0.25) is 0 Å². The lowest BCUT2D eigenvalue weighted by atomic mass is 9.99. The third kappa shape index (κ3) is 3.23. The van der Waals surface area contributed by atoms with E-state index in [1.165, 1.54) is 25.1 Å². The SMILES string of the molecule is CC(O)(CS(=O)(=O)c1cccc(F)c1)c1ccccc1. The number of hydrogen-bond acceptors (Lipinski definition) is 3. The molecule has 0 saturated carbocycles. The molecule has 0 spiro atoms. The Balaban J connectivity index is 2.33. The Kier molecular flexibility index (Phi) is 3.92. The molecule has 1 unspecified atom stereocenters. The summed E-state index contributed by atoms with van der Waals surface area (Å²) in [6.45, 7) is 1.43. The molecule has 0 saturated heterocycles. The maximum absolute atomic E-state index is 13.1. The summed E-state index contributed by atoms with van der Waals surface area (Å²) in [4.78, 5) is -0.131. The Morgan fingerprint density at radius 3 is 2.35 bits per heavy atom. The van der Waals surface area contributed by atoms with Gasteiger partial charge in [0.15, 0.2) is 9.84 Å². The molecule has 106 valence electrons. The van der Waals surface area contributed by atoms with Crippen molar-refractivity contribution in [1.82, 2.24) is 0 Å². The van der Waals surface area contributed by atoms with Crippen LogP contribution >= 0.6 is 0 Å². The van der Waals surface area contributed by atoms with E-state index in [2.05, 4.69) is 0 Å². The Morgan fingerprint density at radius 1 is 1.10 bits per heavy atom. The van der Waals surface area contributed by atoms with E-state index in [1.807, 2.05) is 0 Å². The second kappa shape index (κ2) is 5.34. The van der Waals surface area contributed by atoms with Crippen LogP contribution in [0.15, 0.2) is 59.5 Å². The third-order valence-electron chi connectivity index (χ3n) is 3.02. The van der Waals surface area contributed by atoms with Gasteiger partial charge in [0.25, 0.3) is 0 Å². The average Bonchev–Trinajstić information content (AvgIpc) is 2.39. The van der Waals surface area contributed by atoms with Crippen molar-refractivity contribution in [3.05, 3.63) is 66.0 Å². The molecule has 0 aliphatic carbocycles. The summed E-state index contributed by atoms with van der Waals surface area (Å²) in [7, 11) is -3.78. The zero-order valence-corrected chi connectivity index (χ0v) is 11.8. The van der Waals surface area contributed by atoms with Gasteiger partial charge in [0, 0.05) is 0 Å². The van der Waals surface area contributed by atoms with Gasteiger partial charge in [0.1, 0.15) is 11.4 Å². The van der Waals surface area contributed by atoms with Crippen LogP contribution in [0.5, 0.6) is 0 Å². The number of sulfone groups is 1. The van der Waals surface area contributed by atoms with Crippen molar-refractivity contribution < 1.29 is 17.9 Å². The Labute approximate surface area is 117 Å². The first-order chi connectivity index (χ1) is 9.31. The first-order valence-electron chi connectivity index (χ1n) is 6.07. The highest BCUT2D eigenvalue weighted by molar-refractivity contribution is 7.91. The summed E-state index contributed by atoms with van der Waals surface area (Å²) in [6.07, 6.45) is 0. The lowest BCUT2D eigenvalue weighted by molar-refractivity contribution is 0.0819. The van der Waals surface area contributed by atoms with Crippen LogP contribution in [0.1, 0.15) is 12.5 Å². The van der Waals surface area contributed by atoms with Crippen molar-refractivity contribution >= 4 is 9.84 Å². The molecule has 1 atom stereocenters. The second-order valence-corrected chi connectivity index (χ2v) is 6.85. The van der Waals surface area contributed by atoms with Crippen LogP contribution < -0.4 is 0 Å². The molecular formula is C15H15FO3S. The van der Waals surface area contributed by atoms with E-state index < -0.39 is 27.0 Å². The lowest BCUT2D eigenvalue weighted by Crippen LogP contribution is -2.31. The Morgan fingerprint density at radius 2 is 1.75 bits per heavy atom. The molecule has 2 aromatic carbocycles. The molecule has 0 heterocycles. The number of hydrogen-bond donors (Lipinski definition) is 1. The molecule has 0 aliphatic heterocycles. The molecule has 5 heteroatoms. The van der Waals surface area contributed by atoms with E-state index in [0.29, 0.717) is 5.56 Å². The molecule has 20 heavy (non-hydrogen) atoms. The fourth-order valence-corrected chi connectivity index (χ4v) is 3.65. The van der Waals surface area contributed by atoms with Crippen LogP contribution in [0.25, 0.3) is 0 Å². The summed E-state index contributed by atoms with van der Waals surface area (Å²) in [5.74, 6) is -1.13. The predicted molar refractivity (Wildman–Crippen MR) is 74.5 cm³/mol. The van der Waals surface area contributed by atoms with Crippen molar-refractivity contribution in [2.24, 2.45) is 0 Å².